The van der Waals surface area contributed by atoms with Gasteiger partial charge in [-0.2, -0.15) is 4.98 Å². The highest BCUT2D eigenvalue weighted by Crippen LogP contribution is 2.14. The standard InChI is InChI=1S/C17H24ClN5O/c1-12(2)16-22-15(24-23-16)9-11-21-17(19-3)20-10-8-13-6-4-5-7-14(13)18/h4-7,12H,8-11H2,1-3H3,(H2,19,20,21). The molecule has 2 rings (SSSR count). The molecule has 0 spiro atoms. The van der Waals surface area contributed by atoms with Crippen molar-refractivity contribution in [3.63, 3.8) is 0 Å². The van der Waals surface area contributed by atoms with Gasteiger partial charge in [-0.15, -0.1) is 0 Å². The maximum Gasteiger partial charge on any atom is 0.228 e. The van der Waals surface area contributed by atoms with Crippen LogP contribution in [0, 0.1) is 0 Å². The lowest BCUT2D eigenvalue weighted by Crippen LogP contribution is -2.39. The molecule has 1 aromatic heterocycles. The summed E-state index contributed by atoms with van der Waals surface area (Å²) in [4.78, 5) is 8.55. The van der Waals surface area contributed by atoms with Gasteiger partial charge >= 0.3 is 0 Å². The number of aromatic nitrogens is 2. The summed E-state index contributed by atoms with van der Waals surface area (Å²) >= 11 is 6.15. The van der Waals surface area contributed by atoms with Gasteiger partial charge < -0.3 is 15.2 Å². The Morgan fingerprint density at radius 3 is 2.54 bits per heavy atom. The van der Waals surface area contributed by atoms with Gasteiger partial charge in [0.25, 0.3) is 0 Å². The highest BCUT2D eigenvalue weighted by atomic mass is 35.5. The summed E-state index contributed by atoms with van der Waals surface area (Å²) in [5.74, 6) is 2.39. The Balaban J connectivity index is 1.71. The van der Waals surface area contributed by atoms with Crippen molar-refractivity contribution in [3.05, 3.63) is 46.6 Å². The van der Waals surface area contributed by atoms with E-state index in [1.807, 2.05) is 38.1 Å². The quantitative estimate of drug-likeness (QED) is 0.594. The van der Waals surface area contributed by atoms with Crippen molar-refractivity contribution >= 4 is 17.6 Å². The third kappa shape index (κ3) is 5.53. The van der Waals surface area contributed by atoms with Crippen molar-refractivity contribution in [2.75, 3.05) is 20.1 Å². The first kappa shape index (κ1) is 18.3. The number of nitrogens with one attached hydrogen (secondary N) is 2. The van der Waals surface area contributed by atoms with Crippen LogP contribution in [0.3, 0.4) is 0 Å². The monoisotopic (exact) mass is 349 g/mol. The van der Waals surface area contributed by atoms with Gasteiger partial charge in [-0.3, -0.25) is 4.99 Å². The molecule has 2 N–H and O–H groups in total. The summed E-state index contributed by atoms with van der Waals surface area (Å²) in [6, 6.07) is 7.86. The summed E-state index contributed by atoms with van der Waals surface area (Å²) in [6.45, 7) is 5.50. The SMILES string of the molecule is CN=C(NCCc1nc(C(C)C)no1)NCCc1ccccc1Cl. The summed E-state index contributed by atoms with van der Waals surface area (Å²) in [6.07, 6.45) is 1.49. The fraction of sp³-hybridized carbons (Fsp3) is 0.471. The van der Waals surface area contributed by atoms with E-state index in [0.717, 1.165) is 35.3 Å². The van der Waals surface area contributed by atoms with Crippen LogP contribution in [0.4, 0.5) is 0 Å². The molecule has 0 bridgehead atoms. The van der Waals surface area contributed by atoms with E-state index < -0.39 is 0 Å². The molecular formula is C17H24ClN5O. The van der Waals surface area contributed by atoms with E-state index in [1.54, 1.807) is 7.05 Å². The minimum absolute atomic E-state index is 0.273. The zero-order chi connectivity index (χ0) is 17.4. The van der Waals surface area contributed by atoms with E-state index in [9.17, 15) is 0 Å². The van der Waals surface area contributed by atoms with Gasteiger partial charge in [0.15, 0.2) is 11.8 Å². The van der Waals surface area contributed by atoms with Crippen LogP contribution in [0.15, 0.2) is 33.8 Å². The molecule has 0 radical (unpaired) electrons. The van der Waals surface area contributed by atoms with Gasteiger partial charge in [-0.1, -0.05) is 48.8 Å². The lowest BCUT2D eigenvalue weighted by atomic mass is 10.1. The van der Waals surface area contributed by atoms with Crippen molar-refractivity contribution < 1.29 is 4.52 Å². The Bertz CT molecular complexity index is 669. The Morgan fingerprint density at radius 1 is 1.21 bits per heavy atom. The second-order valence-electron chi connectivity index (χ2n) is 5.72. The van der Waals surface area contributed by atoms with Crippen molar-refractivity contribution in [1.29, 1.82) is 0 Å². The van der Waals surface area contributed by atoms with Crippen LogP contribution in [0.1, 0.15) is 37.0 Å². The summed E-state index contributed by atoms with van der Waals surface area (Å²) in [7, 11) is 1.74. The second-order valence-corrected chi connectivity index (χ2v) is 6.13. The third-order valence-corrected chi connectivity index (χ3v) is 3.87. The molecule has 0 amide bonds. The maximum atomic E-state index is 6.15. The molecular weight excluding hydrogens is 326 g/mol. The van der Waals surface area contributed by atoms with Gasteiger partial charge in [0.05, 0.1) is 0 Å². The van der Waals surface area contributed by atoms with E-state index in [4.69, 9.17) is 16.1 Å². The van der Waals surface area contributed by atoms with Crippen molar-refractivity contribution in [2.24, 2.45) is 4.99 Å². The van der Waals surface area contributed by atoms with E-state index in [-0.39, 0.29) is 5.92 Å². The molecule has 0 atom stereocenters. The molecule has 6 nitrogen and oxygen atoms in total. The first-order chi connectivity index (χ1) is 11.6. The van der Waals surface area contributed by atoms with Crippen LogP contribution in [0.25, 0.3) is 0 Å². The van der Waals surface area contributed by atoms with Crippen LogP contribution < -0.4 is 10.6 Å². The molecule has 0 unspecified atom stereocenters. The van der Waals surface area contributed by atoms with Gasteiger partial charge in [0, 0.05) is 37.5 Å². The molecule has 7 heteroatoms. The summed E-state index contributed by atoms with van der Waals surface area (Å²) in [5, 5.41) is 11.2. The predicted octanol–water partition coefficient (Wildman–Crippen LogP) is 2.80. The van der Waals surface area contributed by atoms with Crippen molar-refractivity contribution in [1.82, 2.24) is 20.8 Å². The van der Waals surface area contributed by atoms with Crippen molar-refractivity contribution in [3.8, 4) is 0 Å². The number of guanidine groups is 1. The van der Waals surface area contributed by atoms with E-state index in [0.29, 0.717) is 18.9 Å². The van der Waals surface area contributed by atoms with Gasteiger partial charge in [-0.25, -0.2) is 0 Å². The molecule has 0 fully saturated rings. The van der Waals surface area contributed by atoms with Gasteiger partial charge in [-0.05, 0) is 18.1 Å². The molecule has 0 aliphatic carbocycles. The number of benzene rings is 1. The topological polar surface area (TPSA) is 75.3 Å². The van der Waals surface area contributed by atoms with E-state index in [1.165, 1.54) is 0 Å². The molecule has 0 aliphatic rings. The predicted molar refractivity (Wildman–Crippen MR) is 96.6 cm³/mol. The largest absolute Gasteiger partial charge is 0.356 e. The van der Waals surface area contributed by atoms with Crippen LogP contribution in [-0.4, -0.2) is 36.2 Å². The lowest BCUT2D eigenvalue weighted by Gasteiger charge is -2.11. The molecule has 130 valence electrons. The Kier molecular flexibility index (Phi) is 7.06. The zero-order valence-electron chi connectivity index (χ0n) is 14.3. The average Bonchev–Trinajstić information content (AvgIpc) is 3.04. The first-order valence-electron chi connectivity index (χ1n) is 8.10. The number of hydrogen-bond donors (Lipinski definition) is 2. The number of rotatable bonds is 7. The van der Waals surface area contributed by atoms with Gasteiger partial charge in [0.2, 0.25) is 5.89 Å². The molecule has 1 heterocycles. The Labute approximate surface area is 147 Å². The van der Waals surface area contributed by atoms with Crippen LogP contribution >= 0.6 is 11.6 Å². The normalized spacial score (nSPS) is 11.8. The minimum Gasteiger partial charge on any atom is -0.356 e. The summed E-state index contributed by atoms with van der Waals surface area (Å²) < 4.78 is 5.22. The van der Waals surface area contributed by atoms with Crippen LogP contribution in [0.5, 0.6) is 0 Å². The molecule has 0 saturated heterocycles. The number of nitrogens with zero attached hydrogens (tertiary/aromatic N) is 3. The number of hydrogen-bond acceptors (Lipinski definition) is 4. The number of halogens is 1. The zero-order valence-corrected chi connectivity index (χ0v) is 15.1. The minimum atomic E-state index is 0.273. The number of aliphatic imine (C=N–C) groups is 1. The molecule has 2 aromatic rings. The van der Waals surface area contributed by atoms with E-state index >= 15 is 0 Å². The van der Waals surface area contributed by atoms with E-state index in [2.05, 4.69) is 25.8 Å². The Morgan fingerprint density at radius 2 is 1.92 bits per heavy atom. The first-order valence-corrected chi connectivity index (χ1v) is 8.48. The highest BCUT2D eigenvalue weighted by Gasteiger charge is 2.09. The van der Waals surface area contributed by atoms with Crippen molar-refractivity contribution in [2.45, 2.75) is 32.6 Å². The molecule has 0 saturated carbocycles. The lowest BCUT2D eigenvalue weighted by molar-refractivity contribution is 0.371. The summed E-state index contributed by atoms with van der Waals surface area (Å²) in [5.41, 5.74) is 1.12. The fourth-order valence-corrected chi connectivity index (χ4v) is 2.36. The Hall–Kier alpha value is -2.08. The molecule has 0 aliphatic heterocycles. The maximum absolute atomic E-state index is 6.15. The van der Waals surface area contributed by atoms with Crippen LogP contribution in [0.2, 0.25) is 5.02 Å². The highest BCUT2D eigenvalue weighted by molar-refractivity contribution is 6.31. The fourth-order valence-electron chi connectivity index (χ4n) is 2.13. The second kappa shape index (κ2) is 9.27. The van der Waals surface area contributed by atoms with Gasteiger partial charge in [0.1, 0.15) is 0 Å². The molecule has 1 aromatic carbocycles. The molecule has 24 heavy (non-hydrogen) atoms. The smallest absolute Gasteiger partial charge is 0.228 e. The third-order valence-electron chi connectivity index (χ3n) is 3.50. The average molecular weight is 350 g/mol. The van der Waals surface area contributed by atoms with Crippen LogP contribution in [-0.2, 0) is 12.8 Å².